The number of nitrogens with zero attached hydrogens (tertiary/aromatic N) is 3. The van der Waals surface area contributed by atoms with E-state index in [2.05, 4.69) is 21.3 Å². The Hall–Kier alpha value is -3.53. The zero-order valence-corrected chi connectivity index (χ0v) is 19.1. The Morgan fingerprint density at radius 2 is 2.09 bits per heavy atom. The lowest BCUT2D eigenvalue weighted by Gasteiger charge is -2.21. The van der Waals surface area contributed by atoms with Gasteiger partial charge in [0.05, 0.1) is 22.8 Å². The fourth-order valence-electron chi connectivity index (χ4n) is 3.80. The molecule has 0 saturated heterocycles. The number of thiocarbonyl (C=S) groups is 1. The summed E-state index contributed by atoms with van der Waals surface area (Å²) in [5.41, 5.74) is 10.7. The van der Waals surface area contributed by atoms with Crippen LogP contribution in [0.25, 0.3) is 0 Å². The lowest BCUT2D eigenvalue weighted by Crippen LogP contribution is -2.45. The zero-order chi connectivity index (χ0) is 22.9. The molecule has 0 bridgehead atoms. The number of aliphatic imine (C=N–C) groups is 2. The summed E-state index contributed by atoms with van der Waals surface area (Å²) < 4.78 is 0. The summed E-state index contributed by atoms with van der Waals surface area (Å²) in [5, 5.41) is 3.71. The normalized spacial score (nSPS) is 20.5. The van der Waals surface area contributed by atoms with E-state index in [1.165, 1.54) is 0 Å². The molecule has 1 aliphatic carbocycles. The first-order valence-corrected chi connectivity index (χ1v) is 11.0. The second-order valence-electron chi connectivity index (χ2n) is 7.51. The molecule has 2 aliphatic heterocycles. The first-order valence-electron chi connectivity index (χ1n) is 10.2. The van der Waals surface area contributed by atoms with Crippen LogP contribution in [0.15, 0.2) is 82.1 Å². The quantitative estimate of drug-likeness (QED) is 0.575. The molecule has 2 aromatic rings. The van der Waals surface area contributed by atoms with Crippen LogP contribution >= 0.6 is 23.8 Å². The molecule has 0 fully saturated rings. The van der Waals surface area contributed by atoms with Crippen molar-refractivity contribution in [1.82, 2.24) is 16.3 Å². The molecule has 33 heavy (non-hydrogen) atoms. The summed E-state index contributed by atoms with van der Waals surface area (Å²) >= 11 is 11.8. The van der Waals surface area contributed by atoms with Gasteiger partial charge >= 0.3 is 0 Å². The van der Waals surface area contributed by atoms with Crippen molar-refractivity contribution in [3.05, 3.63) is 88.2 Å². The number of halogens is 1. The molecule has 0 aromatic heterocycles. The molecule has 166 valence electrons. The summed E-state index contributed by atoms with van der Waals surface area (Å²) in [7, 11) is 1.70. The summed E-state index contributed by atoms with van der Waals surface area (Å²) in [5.74, 6) is -0.264. The fraction of sp³-hybridized carbons (Fsp3) is 0.130. The van der Waals surface area contributed by atoms with Crippen molar-refractivity contribution in [3.8, 4) is 0 Å². The number of likely N-dealkylation sites (N-methyl/N-ethyl adjacent to an activating group) is 1. The molecule has 3 aliphatic rings. The highest BCUT2D eigenvalue weighted by molar-refractivity contribution is 7.80. The summed E-state index contributed by atoms with van der Waals surface area (Å²) in [4.78, 5) is 29.2. The predicted molar refractivity (Wildman–Crippen MR) is 132 cm³/mol. The van der Waals surface area contributed by atoms with Crippen LogP contribution in [-0.4, -0.2) is 35.7 Å². The molecule has 1 unspecified atom stereocenters. The number of anilines is 1. The second kappa shape index (κ2) is 8.78. The van der Waals surface area contributed by atoms with Crippen LogP contribution in [-0.2, 0) is 9.73 Å². The van der Waals surface area contributed by atoms with Crippen LogP contribution in [0.2, 0.25) is 5.02 Å². The number of allylic oxidation sites excluding steroid dienone is 3. The highest BCUT2D eigenvalue weighted by atomic mass is 35.5. The predicted octanol–water partition coefficient (Wildman–Crippen LogP) is 3.01. The molecular weight excluding hydrogens is 460 g/mol. The molecule has 2 aromatic carbocycles. The first kappa shape index (κ1) is 21.3. The number of hydroxylamine groups is 2. The minimum atomic E-state index is -0.966. The van der Waals surface area contributed by atoms with E-state index < -0.39 is 6.17 Å². The molecule has 1 amide bonds. The second-order valence-corrected chi connectivity index (χ2v) is 8.34. The lowest BCUT2D eigenvalue weighted by molar-refractivity contribution is -0.119. The lowest BCUT2D eigenvalue weighted by atomic mass is 10.0. The van der Waals surface area contributed by atoms with E-state index >= 15 is 0 Å². The Kier molecular flexibility index (Phi) is 5.67. The third-order valence-corrected chi connectivity index (χ3v) is 5.85. The van der Waals surface area contributed by atoms with Crippen molar-refractivity contribution < 1.29 is 9.73 Å². The Bertz CT molecular complexity index is 1270. The fourth-order valence-corrected chi connectivity index (χ4v) is 4.19. The van der Waals surface area contributed by atoms with Gasteiger partial charge in [-0.1, -0.05) is 48.0 Å². The van der Waals surface area contributed by atoms with Crippen molar-refractivity contribution in [3.63, 3.8) is 0 Å². The van der Waals surface area contributed by atoms with E-state index in [0.717, 1.165) is 16.8 Å². The molecule has 10 heteroatoms. The van der Waals surface area contributed by atoms with Crippen molar-refractivity contribution in [2.24, 2.45) is 9.98 Å². The van der Waals surface area contributed by atoms with Gasteiger partial charge in [0.25, 0.3) is 5.91 Å². The van der Waals surface area contributed by atoms with Gasteiger partial charge in [-0.15, -0.1) is 0 Å². The van der Waals surface area contributed by atoms with Crippen molar-refractivity contribution in [2.75, 3.05) is 11.9 Å². The summed E-state index contributed by atoms with van der Waals surface area (Å²) in [6.07, 6.45) is 3.44. The molecule has 8 nitrogen and oxygen atoms in total. The van der Waals surface area contributed by atoms with Gasteiger partial charge in [0.2, 0.25) is 6.17 Å². The third kappa shape index (κ3) is 4.13. The number of carbonyl (C=O) groups excluding carboxylic acids is 1. The number of amides is 1. The molecular formula is C23H19ClN6O2S. The maximum atomic E-state index is 13.3. The van der Waals surface area contributed by atoms with E-state index in [-0.39, 0.29) is 11.0 Å². The van der Waals surface area contributed by atoms with Gasteiger partial charge in [-0.2, -0.15) is 4.94 Å². The maximum absolute atomic E-state index is 13.3. The van der Waals surface area contributed by atoms with Gasteiger partial charge in [0.15, 0.2) is 5.11 Å². The number of carbonyl (C=O) groups is 1. The molecule has 0 saturated carbocycles. The number of fused-ring (bicyclic) bond motifs is 1. The minimum Gasteiger partial charge on any atom is -0.331 e. The monoisotopic (exact) mass is 478 g/mol. The average Bonchev–Trinajstić information content (AvgIpc) is 3.28. The van der Waals surface area contributed by atoms with Crippen molar-refractivity contribution in [1.29, 1.82) is 0 Å². The first-order chi connectivity index (χ1) is 16.0. The van der Waals surface area contributed by atoms with Gasteiger partial charge in [0, 0.05) is 29.6 Å². The summed E-state index contributed by atoms with van der Waals surface area (Å²) in [6.45, 7) is 0. The van der Waals surface area contributed by atoms with Gasteiger partial charge in [-0.25, -0.2) is 20.9 Å². The van der Waals surface area contributed by atoms with Crippen molar-refractivity contribution >= 4 is 51.9 Å². The number of benzene rings is 2. The zero-order valence-electron chi connectivity index (χ0n) is 17.5. The van der Waals surface area contributed by atoms with Crippen LogP contribution < -0.4 is 21.2 Å². The van der Waals surface area contributed by atoms with Crippen LogP contribution in [0.4, 0.5) is 5.69 Å². The van der Waals surface area contributed by atoms with Gasteiger partial charge in [-0.05, 0) is 36.5 Å². The third-order valence-electron chi connectivity index (χ3n) is 5.41. The standard InChI is InChI=1S/C23H19ClN6O2S/c1-30-18-11-10-14(24)12-15(18)19(13-6-3-2-4-7-13)26-21(22(30)31)27-23(33)25-16-8-5-9-17-20(16)29-32-28-17/h2-7,9-12,21,28-29H,8H2,1H3,(H,27,33). The Labute approximate surface area is 200 Å². The van der Waals surface area contributed by atoms with E-state index in [1.54, 1.807) is 18.0 Å². The molecule has 2 heterocycles. The SMILES string of the molecule is CN1C(=O)C(NC(=S)N=C2CC=CC3=C2NON3)N=C(c2ccccc2)c2cc(Cl)ccc21. The molecule has 0 spiro atoms. The van der Waals surface area contributed by atoms with Gasteiger partial charge in [0.1, 0.15) is 5.70 Å². The van der Waals surface area contributed by atoms with E-state index in [1.807, 2.05) is 54.6 Å². The summed E-state index contributed by atoms with van der Waals surface area (Å²) in [6, 6.07) is 15.0. The molecule has 1 atom stereocenters. The van der Waals surface area contributed by atoms with Gasteiger partial charge in [-0.3, -0.25) is 4.79 Å². The van der Waals surface area contributed by atoms with Crippen LogP contribution in [0, 0.1) is 0 Å². The van der Waals surface area contributed by atoms with Crippen LogP contribution in [0.1, 0.15) is 17.5 Å². The largest absolute Gasteiger partial charge is 0.331 e. The average molecular weight is 479 g/mol. The Morgan fingerprint density at radius 3 is 2.91 bits per heavy atom. The number of benzodiazepines with no additional fused rings is 1. The van der Waals surface area contributed by atoms with E-state index in [9.17, 15) is 4.79 Å². The minimum absolute atomic E-state index is 0.146. The van der Waals surface area contributed by atoms with Crippen LogP contribution in [0.5, 0.6) is 0 Å². The Balaban J connectivity index is 1.51. The number of nitrogens with one attached hydrogen (secondary N) is 3. The molecule has 3 N–H and O–H groups in total. The number of hydrogen-bond donors (Lipinski definition) is 3. The highest BCUT2D eigenvalue weighted by Crippen LogP contribution is 2.30. The molecule has 5 rings (SSSR count). The molecule has 0 radical (unpaired) electrons. The van der Waals surface area contributed by atoms with E-state index in [0.29, 0.717) is 34.3 Å². The maximum Gasteiger partial charge on any atom is 0.272 e. The van der Waals surface area contributed by atoms with Crippen LogP contribution in [0.3, 0.4) is 0 Å². The highest BCUT2D eigenvalue weighted by Gasteiger charge is 2.31. The smallest absolute Gasteiger partial charge is 0.272 e. The Morgan fingerprint density at radius 1 is 1.27 bits per heavy atom. The topological polar surface area (TPSA) is 90.4 Å². The number of rotatable bonds is 2. The number of hydrogen-bond acceptors (Lipinski definition) is 6. The van der Waals surface area contributed by atoms with Gasteiger partial charge < -0.3 is 10.2 Å². The van der Waals surface area contributed by atoms with E-state index in [4.69, 9.17) is 33.7 Å². The van der Waals surface area contributed by atoms with Crippen molar-refractivity contribution in [2.45, 2.75) is 12.6 Å².